The van der Waals surface area contributed by atoms with E-state index in [-0.39, 0.29) is 18.1 Å². The molecule has 3 heteroatoms. The van der Waals surface area contributed by atoms with Crippen molar-refractivity contribution < 1.29 is 4.79 Å². The van der Waals surface area contributed by atoms with Crippen LogP contribution in [0.1, 0.15) is 45.0 Å². The number of aryl methyl sites for hydroxylation is 1. The molecule has 110 valence electrons. The molecule has 1 aromatic rings. The van der Waals surface area contributed by atoms with Gasteiger partial charge >= 0.3 is 0 Å². The van der Waals surface area contributed by atoms with Crippen LogP contribution in [0.15, 0.2) is 24.3 Å². The van der Waals surface area contributed by atoms with Gasteiger partial charge in [0, 0.05) is 6.54 Å². The number of amides is 1. The van der Waals surface area contributed by atoms with Crippen molar-refractivity contribution in [3.05, 3.63) is 35.4 Å². The lowest BCUT2D eigenvalue weighted by Gasteiger charge is -2.26. The highest BCUT2D eigenvalue weighted by molar-refractivity contribution is 5.84. The minimum Gasteiger partial charge on any atom is -0.321 e. The Hall–Kier alpha value is -1.35. The van der Waals surface area contributed by atoms with Gasteiger partial charge < -0.3 is 4.90 Å². The van der Waals surface area contributed by atoms with E-state index in [1.54, 1.807) is 0 Å². The Balaban J connectivity index is 2.28. The second-order valence-electron chi connectivity index (χ2n) is 6.59. The molecule has 0 saturated carbocycles. The number of rotatable bonds is 4. The molecular formula is C17H26N2O. The maximum Gasteiger partial charge on any atom is 0.241 e. The fourth-order valence-corrected chi connectivity index (χ4v) is 2.73. The topological polar surface area (TPSA) is 32.3 Å². The second kappa shape index (κ2) is 5.96. The summed E-state index contributed by atoms with van der Waals surface area (Å²) < 4.78 is 0. The Morgan fingerprint density at radius 3 is 2.25 bits per heavy atom. The van der Waals surface area contributed by atoms with E-state index in [1.165, 1.54) is 11.1 Å². The van der Waals surface area contributed by atoms with E-state index in [4.69, 9.17) is 0 Å². The molecule has 1 fully saturated rings. The summed E-state index contributed by atoms with van der Waals surface area (Å²) in [6.07, 6.45) is 0.0119. The minimum atomic E-state index is -0.0694. The molecule has 0 spiro atoms. The van der Waals surface area contributed by atoms with E-state index in [9.17, 15) is 4.79 Å². The number of hydrogen-bond acceptors (Lipinski definition) is 2. The summed E-state index contributed by atoms with van der Waals surface area (Å²) >= 11 is 0. The van der Waals surface area contributed by atoms with Gasteiger partial charge in [-0.2, -0.15) is 0 Å². The molecule has 2 rings (SSSR count). The van der Waals surface area contributed by atoms with Crippen molar-refractivity contribution in [3.63, 3.8) is 0 Å². The van der Waals surface area contributed by atoms with E-state index in [0.29, 0.717) is 11.8 Å². The number of nitrogens with zero attached hydrogens (tertiary/aromatic N) is 1. The van der Waals surface area contributed by atoms with Crippen LogP contribution in [0.3, 0.4) is 0 Å². The van der Waals surface area contributed by atoms with Gasteiger partial charge in [-0.25, -0.2) is 0 Å². The molecule has 0 bridgehead atoms. The summed E-state index contributed by atoms with van der Waals surface area (Å²) in [5.41, 5.74) is 2.42. The van der Waals surface area contributed by atoms with Gasteiger partial charge in [-0.15, -0.1) is 0 Å². The van der Waals surface area contributed by atoms with Gasteiger partial charge in [0.25, 0.3) is 0 Å². The van der Waals surface area contributed by atoms with Crippen LogP contribution in [0.25, 0.3) is 0 Å². The highest BCUT2D eigenvalue weighted by Gasteiger charge is 2.40. The van der Waals surface area contributed by atoms with Gasteiger partial charge in [-0.1, -0.05) is 57.5 Å². The normalized spacial score (nSPS) is 23.1. The molecule has 3 nitrogen and oxygen atoms in total. The van der Waals surface area contributed by atoms with Crippen LogP contribution in [0.4, 0.5) is 0 Å². The quantitative estimate of drug-likeness (QED) is 0.915. The number of benzene rings is 1. The van der Waals surface area contributed by atoms with Gasteiger partial charge in [0.05, 0.1) is 6.04 Å². The van der Waals surface area contributed by atoms with Crippen LogP contribution in [0, 0.1) is 18.8 Å². The third-order valence-corrected chi connectivity index (χ3v) is 3.82. The Morgan fingerprint density at radius 2 is 1.75 bits per heavy atom. The molecular weight excluding hydrogens is 248 g/mol. The highest BCUT2D eigenvalue weighted by atomic mass is 16.2. The van der Waals surface area contributed by atoms with Gasteiger partial charge in [-0.3, -0.25) is 10.1 Å². The Kier molecular flexibility index (Phi) is 4.48. The average Bonchev–Trinajstić information content (AvgIpc) is 2.68. The lowest BCUT2D eigenvalue weighted by molar-refractivity contribution is -0.131. The lowest BCUT2D eigenvalue weighted by atomic mass is 10.0. The molecule has 0 aromatic heterocycles. The molecule has 1 aliphatic rings. The fourth-order valence-electron chi connectivity index (χ4n) is 2.73. The van der Waals surface area contributed by atoms with E-state index in [0.717, 1.165) is 6.54 Å². The number of carbonyl (C=O) groups is 1. The predicted molar refractivity (Wildman–Crippen MR) is 82.2 cm³/mol. The molecule has 2 atom stereocenters. The first-order valence-corrected chi connectivity index (χ1v) is 7.53. The SMILES string of the molecule is Cc1ccc(C2NC(C(C)C)C(=O)N2CC(C)C)cc1. The monoisotopic (exact) mass is 274 g/mol. The first-order chi connectivity index (χ1) is 9.40. The standard InChI is InChI=1S/C17H26N2O/c1-11(2)10-19-16(14-8-6-13(5)7-9-14)18-15(12(3)4)17(19)20/h6-9,11-12,15-16,18H,10H2,1-5H3. The van der Waals surface area contributed by atoms with Crippen molar-refractivity contribution in [2.45, 2.75) is 46.8 Å². The van der Waals surface area contributed by atoms with Crippen molar-refractivity contribution in [1.29, 1.82) is 0 Å². The van der Waals surface area contributed by atoms with Crippen LogP contribution >= 0.6 is 0 Å². The highest BCUT2D eigenvalue weighted by Crippen LogP contribution is 2.29. The van der Waals surface area contributed by atoms with Crippen LogP contribution in [0.5, 0.6) is 0 Å². The van der Waals surface area contributed by atoms with Crippen molar-refractivity contribution in [3.8, 4) is 0 Å². The molecule has 1 saturated heterocycles. The largest absolute Gasteiger partial charge is 0.321 e. The molecule has 1 N–H and O–H groups in total. The van der Waals surface area contributed by atoms with Crippen molar-refractivity contribution in [2.75, 3.05) is 6.54 Å². The maximum atomic E-state index is 12.6. The zero-order chi connectivity index (χ0) is 14.9. The number of hydrogen-bond donors (Lipinski definition) is 1. The molecule has 2 unspecified atom stereocenters. The molecule has 0 radical (unpaired) electrons. The Morgan fingerprint density at radius 1 is 1.15 bits per heavy atom. The fraction of sp³-hybridized carbons (Fsp3) is 0.588. The predicted octanol–water partition coefficient (Wildman–Crippen LogP) is 3.11. The molecule has 1 heterocycles. The molecule has 1 aliphatic heterocycles. The summed E-state index contributed by atoms with van der Waals surface area (Å²) in [5, 5.41) is 3.51. The van der Waals surface area contributed by atoms with Crippen LogP contribution in [0.2, 0.25) is 0 Å². The van der Waals surface area contributed by atoms with Crippen LogP contribution in [-0.4, -0.2) is 23.4 Å². The number of carbonyl (C=O) groups excluding carboxylic acids is 1. The van der Waals surface area contributed by atoms with Crippen molar-refractivity contribution >= 4 is 5.91 Å². The van der Waals surface area contributed by atoms with Crippen LogP contribution in [-0.2, 0) is 4.79 Å². The lowest BCUT2D eigenvalue weighted by Crippen LogP contribution is -2.36. The van der Waals surface area contributed by atoms with Gasteiger partial charge in [0.1, 0.15) is 6.17 Å². The molecule has 1 amide bonds. The summed E-state index contributed by atoms with van der Waals surface area (Å²) in [5.74, 6) is 1.02. The van der Waals surface area contributed by atoms with E-state index < -0.39 is 0 Å². The number of nitrogens with one attached hydrogen (secondary N) is 1. The first kappa shape index (κ1) is 15.0. The molecule has 1 aromatic carbocycles. The summed E-state index contributed by atoms with van der Waals surface area (Å²) in [4.78, 5) is 14.6. The van der Waals surface area contributed by atoms with E-state index in [1.807, 2.05) is 4.90 Å². The summed E-state index contributed by atoms with van der Waals surface area (Å²) in [6, 6.07) is 8.39. The summed E-state index contributed by atoms with van der Waals surface area (Å²) in [6.45, 7) is 11.4. The summed E-state index contributed by atoms with van der Waals surface area (Å²) in [7, 11) is 0. The third kappa shape index (κ3) is 3.04. The van der Waals surface area contributed by atoms with E-state index in [2.05, 4.69) is 64.2 Å². The van der Waals surface area contributed by atoms with E-state index >= 15 is 0 Å². The average molecular weight is 274 g/mol. The Bertz CT molecular complexity index is 464. The first-order valence-electron chi connectivity index (χ1n) is 7.53. The zero-order valence-electron chi connectivity index (χ0n) is 13.2. The van der Waals surface area contributed by atoms with Crippen LogP contribution < -0.4 is 5.32 Å². The van der Waals surface area contributed by atoms with Gasteiger partial charge in [0.15, 0.2) is 0 Å². The maximum absolute atomic E-state index is 12.6. The molecule has 20 heavy (non-hydrogen) atoms. The third-order valence-electron chi connectivity index (χ3n) is 3.82. The minimum absolute atomic E-state index is 0.0119. The second-order valence-corrected chi connectivity index (χ2v) is 6.59. The van der Waals surface area contributed by atoms with Crippen molar-refractivity contribution in [1.82, 2.24) is 10.2 Å². The Labute approximate surface area is 122 Å². The van der Waals surface area contributed by atoms with Crippen molar-refractivity contribution in [2.24, 2.45) is 11.8 Å². The van der Waals surface area contributed by atoms with Gasteiger partial charge in [-0.05, 0) is 24.3 Å². The van der Waals surface area contributed by atoms with Gasteiger partial charge in [0.2, 0.25) is 5.91 Å². The molecule has 0 aliphatic carbocycles. The zero-order valence-corrected chi connectivity index (χ0v) is 13.2. The smallest absolute Gasteiger partial charge is 0.241 e.